The fourth-order valence-electron chi connectivity index (χ4n) is 2.04. The molecule has 2 rings (SSSR count). The van der Waals surface area contributed by atoms with E-state index in [2.05, 4.69) is 5.32 Å². The molecule has 0 saturated carbocycles. The van der Waals surface area contributed by atoms with Crippen LogP contribution in [0, 0.1) is 17.5 Å². The van der Waals surface area contributed by atoms with Crippen LogP contribution in [-0.2, 0) is 6.42 Å². The molecule has 2 aromatic rings. The van der Waals surface area contributed by atoms with Crippen LogP contribution in [0.4, 0.5) is 13.2 Å². The normalized spacial score (nSPS) is 12.4. The first-order valence-corrected chi connectivity index (χ1v) is 6.65. The van der Waals surface area contributed by atoms with Crippen molar-refractivity contribution in [1.82, 2.24) is 5.32 Å². The molecule has 112 valence electrons. The minimum absolute atomic E-state index is 0.0643. The van der Waals surface area contributed by atoms with Gasteiger partial charge in [0.1, 0.15) is 17.5 Å². The fourth-order valence-corrected chi connectivity index (χ4v) is 2.04. The maximum absolute atomic E-state index is 13.4. The third kappa shape index (κ3) is 4.31. The first kappa shape index (κ1) is 15.5. The first-order chi connectivity index (χ1) is 10.1. The van der Waals surface area contributed by atoms with Gasteiger partial charge in [-0.25, -0.2) is 13.2 Å². The lowest BCUT2D eigenvalue weighted by Gasteiger charge is -2.13. The van der Waals surface area contributed by atoms with Crippen molar-refractivity contribution in [3.8, 4) is 0 Å². The quantitative estimate of drug-likeness (QED) is 0.803. The van der Waals surface area contributed by atoms with Gasteiger partial charge >= 0.3 is 0 Å². The summed E-state index contributed by atoms with van der Waals surface area (Å²) in [6.45, 7) is 0.490. The lowest BCUT2D eigenvalue weighted by atomic mass is 10.1. The Kier molecular flexibility index (Phi) is 5.36. The molecule has 0 bridgehead atoms. The summed E-state index contributed by atoms with van der Waals surface area (Å²) >= 11 is 0. The molecule has 0 fully saturated rings. The van der Waals surface area contributed by atoms with Crippen LogP contribution in [0.2, 0.25) is 0 Å². The van der Waals surface area contributed by atoms with Crippen LogP contribution in [0.25, 0.3) is 0 Å². The van der Waals surface area contributed by atoms with Crippen molar-refractivity contribution in [2.75, 3.05) is 13.1 Å². The van der Waals surface area contributed by atoms with Gasteiger partial charge < -0.3 is 10.4 Å². The van der Waals surface area contributed by atoms with Gasteiger partial charge in [0.15, 0.2) is 0 Å². The number of aliphatic hydroxyl groups excluding tert-OH is 1. The molecule has 0 radical (unpaired) electrons. The highest BCUT2D eigenvalue weighted by atomic mass is 19.1. The summed E-state index contributed by atoms with van der Waals surface area (Å²) in [5.74, 6) is -1.53. The zero-order chi connectivity index (χ0) is 15.2. The van der Waals surface area contributed by atoms with Crippen LogP contribution in [0.1, 0.15) is 17.2 Å². The molecule has 0 aromatic heterocycles. The number of benzene rings is 2. The van der Waals surface area contributed by atoms with Crippen LogP contribution in [0.15, 0.2) is 42.5 Å². The first-order valence-electron chi connectivity index (χ1n) is 6.65. The third-order valence-electron chi connectivity index (χ3n) is 3.18. The van der Waals surface area contributed by atoms with E-state index >= 15 is 0 Å². The van der Waals surface area contributed by atoms with E-state index in [0.29, 0.717) is 18.5 Å². The second-order valence-electron chi connectivity index (χ2n) is 4.73. The molecule has 2 N–H and O–H groups in total. The van der Waals surface area contributed by atoms with Gasteiger partial charge in [-0.2, -0.15) is 0 Å². The van der Waals surface area contributed by atoms with E-state index in [-0.39, 0.29) is 17.9 Å². The molecule has 0 saturated heterocycles. The van der Waals surface area contributed by atoms with Crippen molar-refractivity contribution < 1.29 is 18.3 Å². The Morgan fingerprint density at radius 1 is 1.00 bits per heavy atom. The molecule has 21 heavy (non-hydrogen) atoms. The van der Waals surface area contributed by atoms with Gasteiger partial charge in [0.05, 0.1) is 6.10 Å². The Balaban J connectivity index is 1.83. The van der Waals surface area contributed by atoms with Crippen molar-refractivity contribution in [2.45, 2.75) is 12.5 Å². The number of rotatable bonds is 6. The third-order valence-corrected chi connectivity index (χ3v) is 3.18. The number of aliphatic hydroxyl groups is 1. The van der Waals surface area contributed by atoms with Crippen molar-refractivity contribution >= 4 is 0 Å². The van der Waals surface area contributed by atoms with Crippen LogP contribution < -0.4 is 5.32 Å². The number of hydrogen-bond acceptors (Lipinski definition) is 2. The summed E-state index contributed by atoms with van der Waals surface area (Å²) < 4.78 is 39.8. The van der Waals surface area contributed by atoms with Crippen LogP contribution in [0.5, 0.6) is 0 Å². The largest absolute Gasteiger partial charge is 0.387 e. The van der Waals surface area contributed by atoms with Crippen molar-refractivity contribution in [3.63, 3.8) is 0 Å². The van der Waals surface area contributed by atoms with Gasteiger partial charge in [-0.1, -0.05) is 18.2 Å². The smallest absolute Gasteiger partial charge is 0.129 e. The minimum Gasteiger partial charge on any atom is -0.387 e. The highest BCUT2D eigenvalue weighted by molar-refractivity contribution is 5.21. The molecule has 0 aliphatic carbocycles. The number of nitrogens with one attached hydrogen (secondary N) is 1. The molecule has 1 unspecified atom stereocenters. The molecule has 0 aliphatic rings. The fraction of sp³-hybridized carbons (Fsp3) is 0.250. The molecule has 0 spiro atoms. The predicted octanol–water partition coefficient (Wildman–Crippen LogP) is 2.97. The van der Waals surface area contributed by atoms with Gasteiger partial charge in [0.25, 0.3) is 0 Å². The zero-order valence-electron chi connectivity index (χ0n) is 11.3. The number of halogens is 3. The van der Waals surface area contributed by atoms with E-state index in [0.717, 1.165) is 18.2 Å². The maximum Gasteiger partial charge on any atom is 0.129 e. The topological polar surface area (TPSA) is 32.3 Å². The standard InChI is InChI=1S/C16H16F3NO/c17-12-5-6-15(19)13(9-12)16(21)10-20-8-7-11-3-1-2-4-14(11)18/h1-6,9,16,20-21H,7-8,10H2. The molecule has 0 aliphatic heterocycles. The molecular weight excluding hydrogens is 279 g/mol. The summed E-state index contributed by atoms with van der Waals surface area (Å²) in [6, 6.07) is 9.37. The highest BCUT2D eigenvalue weighted by Gasteiger charge is 2.13. The van der Waals surface area contributed by atoms with E-state index < -0.39 is 17.7 Å². The lowest BCUT2D eigenvalue weighted by Crippen LogP contribution is -2.24. The van der Waals surface area contributed by atoms with Gasteiger partial charge in [-0.15, -0.1) is 0 Å². The van der Waals surface area contributed by atoms with Crippen LogP contribution in [0.3, 0.4) is 0 Å². The second-order valence-corrected chi connectivity index (χ2v) is 4.73. The highest BCUT2D eigenvalue weighted by Crippen LogP contribution is 2.17. The van der Waals surface area contributed by atoms with E-state index in [9.17, 15) is 18.3 Å². The lowest BCUT2D eigenvalue weighted by molar-refractivity contribution is 0.170. The Morgan fingerprint density at radius 2 is 1.76 bits per heavy atom. The molecule has 2 aromatic carbocycles. The summed E-state index contributed by atoms with van der Waals surface area (Å²) in [5.41, 5.74) is 0.477. The Hall–Kier alpha value is -1.85. The molecule has 5 heteroatoms. The van der Waals surface area contributed by atoms with Crippen LogP contribution >= 0.6 is 0 Å². The molecule has 0 heterocycles. The monoisotopic (exact) mass is 295 g/mol. The summed E-state index contributed by atoms with van der Waals surface area (Å²) in [6.07, 6.45) is -0.702. The van der Waals surface area contributed by atoms with Crippen molar-refractivity contribution in [3.05, 3.63) is 71.0 Å². The summed E-state index contributed by atoms with van der Waals surface area (Å²) in [4.78, 5) is 0. The number of hydrogen-bond donors (Lipinski definition) is 2. The molecule has 2 nitrogen and oxygen atoms in total. The van der Waals surface area contributed by atoms with E-state index in [1.807, 2.05) is 0 Å². The van der Waals surface area contributed by atoms with Crippen molar-refractivity contribution in [2.24, 2.45) is 0 Å². The van der Waals surface area contributed by atoms with Crippen molar-refractivity contribution in [1.29, 1.82) is 0 Å². The van der Waals surface area contributed by atoms with E-state index in [1.165, 1.54) is 6.07 Å². The predicted molar refractivity (Wildman–Crippen MR) is 74.3 cm³/mol. The zero-order valence-corrected chi connectivity index (χ0v) is 11.3. The second kappa shape index (κ2) is 7.24. The van der Waals surface area contributed by atoms with Gasteiger partial charge in [0, 0.05) is 12.1 Å². The Labute approximate surface area is 121 Å². The van der Waals surface area contributed by atoms with E-state index in [1.54, 1.807) is 18.2 Å². The van der Waals surface area contributed by atoms with Crippen LogP contribution in [-0.4, -0.2) is 18.2 Å². The summed E-state index contributed by atoms with van der Waals surface area (Å²) in [7, 11) is 0. The average Bonchev–Trinajstić information content (AvgIpc) is 2.47. The molecular formula is C16H16F3NO. The summed E-state index contributed by atoms with van der Waals surface area (Å²) in [5, 5.41) is 12.7. The minimum atomic E-state index is -1.15. The molecule has 0 amide bonds. The maximum atomic E-state index is 13.4. The Bertz CT molecular complexity index is 604. The van der Waals surface area contributed by atoms with Gasteiger partial charge in [-0.05, 0) is 42.8 Å². The Morgan fingerprint density at radius 3 is 2.52 bits per heavy atom. The van der Waals surface area contributed by atoms with Gasteiger partial charge in [0.2, 0.25) is 0 Å². The van der Waals surface area contributed by atoms with Gasteiger partial charge in [-0.3, -0.25) is 0 Å². The average molecular weight is 295 g/mol. The SMILES string of the molecule is OC(CNCCc1ccccc1F)c1cc(F)ccc1F. The van der Waals surface area contributed by atoms with E-state index in [4.69, 9.17) is 0 Å². The molecule has 1 atom stereocenters.